The van der Waals surface area contributed by atoms with Gasteiger partial charge in [0.05, 0.1) is 20.9 Å². The van der Waals surface area contributed by atoms with E-state index in [4.69, 9.17) is 4.98 Å². The molecule has 1 aliphatic rings. The number of benzene rings is 1. The number of nitrogens with zero attached hydrogens (tertiary/aromatic N) is 3. The molecule has 0 aliphatic carbocycles. The molecule has 2 aromatic rings. The van der Waals surface area contributed by atoms with Crippen molar-refractivity contribution in [3.8, 4) is 0 Å². The highest BCUT2D eigenvalue weighted by Gasteiger charge is 2.18. The smallest absolute Gasteiger partial charge is 0.0964 e. The highest BCUT2D eigenvalue weighted by molar-refractivity contribution is 7.19. The first kappa shape index (κ1) is 12.9. The van der Waals surface area contributed by atoms with Crippen LogP contribution >= 0.6 is 11.3 Å². The molecule has 1 aliphatic heterocycles. The summed E-state index contributed by atoms with van der Waals surface area (Å²) in [7, 11) is 2.20. The number of fused-ring (bicyclic) bond motifs is 1. The number of aromatic nitrogens is 1. The van der Waals surface area contributed by atoms with Crippen molar-refractivity contribution in [3.05, 3.63) is 23.2 Å². The van der Waals surface area contributed by atoms with Crippen molar-refractivity contribution in [1.82, 2.24) is 9.88 Å². The molecule has 2 heterocycles. The van der Waals surface area contributed by atoms with Crippen molar-refractivity contribution in [3.63, 3.8) is 0 Å². The number of anilines is 1. The van der Waals surface area contributed by atoms with E-state index in [-0.39, 0.29) is 0 Å². The zero-order valence-corrected chi connectivity index (χ0v) is 12.7. The molecule has 0 atom stereocenters. The fourth-order valence-electron chi connectivity index (χ4n) is 2.50. The van der Waals surface area contributed by atoms with Crippen LogP contribution in [0, 0.1) is 0 Å². The summed E-state index contributed by atoms with van der Waals surface area (Å²) in [6.07, 6.45) is 0. The Morgan fingerprint density at radius 2 is 1.89 bits per heavy atom. The molecule has 0 N–H and O–H groups in total. The third-order valence-corrected chi connectivity index (χ3v) is 5.14. The Bertz CT molecular complexity index is 568. The van der Waals surface area contributed by atoms with Gasteiger partial charge in [-0.3, -0.25) is 0 Å². The first-order valence-corrected chi connectivity index (χ1v) is 7.80. The second kappa shape index (κ2) is 5.10. The van der Waals surface area contributed by atoms with Crippen molar-refractivity contribution in [1.29, 1.82) is 0 Å². The van der Waals surface area contributed by atoms with Crippen molar-refractivity contribution in [2.24, 2.45) is 0 Å². The first-order chi connectivity index (χ1) is 9.15. The molecule has 1 aromatic carbocycles. The van der Waals surface area contributed by atoms with E-state index in [1.54, 1.807) is 0 Å². The van der Waals surface area contributed by atoms with E-state index in [0.717, 1.165) is 31.7 Å². The monoisotopic (exact) mass is 275 g/mol. The Morgan fingerprint density at radius 1 is 1.16 bits per heavy atom. The second-order valence-corrected chi connectivity index (χ2v) is 6.65. The molecule has 0 unspecified atom stereocenters. The lowest BCUT2D eigenvalue weighted by molar-refractivity contribution is 0.313. The Balaban J connectivity index is 1.98. The summed E-state index contributed by atoms with van der Waals surface area (Å²) in [4.78, 5) is 9.66. The summed E-state index contributed by atoms with van der Waals surface area (Å²) >= 11 is 1.86. The van der Waals surface area contributed by atoms with E-state index < -0.39 is 0 Å². The molecule has 0 bridgehead atoms. The summed E-state index contributed by atoms with van der Waals surface area (Å²) in [5, 5.41) is 1.25. The zero-order valence-electron chi connectivity index (χ0n) is 11.9. The van der Waals surface area contributed by atoms with E-state index in [9.17, 15) is 0 Å². The van der Waals surface area contributed by atoms with E-state index in [1.807, 2.05) is 11.3 Å². The summed E-state index contributed by atoms with van der Waals surface area (Å²) in [5.74, 6) is 0.512. The molecule has 19 heavy (non-hydrogen) atoms. The quantitative estimate of drug-likeness (QED) is 0.839. The number of hydrogen-bond donors (Lipinski definition) is 0. The third kappa shape index (κ3) is 2.47. The van der Waals surface area contributed by atoms with E-state index in [1.165, 1.54) is 15.4 Å². The molecule has 102 valence electrons. The highest BCUT2D eigenvalue weighted by Crippen LogP contribution is 2.34. The number of likely N-dealkylation sites (N-methyl/N-ethyl adjacent to an activating group) is 1. The van der Waals surface area contributed by atoms with Crippen LogP contribution in [0.1, 0.15) is 24.8 Å². The van der Waals surface area contributed by atoms with E-state index >= 15 is 0 Å². The molecule has 0 radical (unpaired) electrons. The van der Waals surface area contributed by atoms with Gasteiger partial charge in [0, 0.05) is 32.1 Å². The lowest BCUT2D eigenvalue weighted by atomic mass is 10.2. The average molecular weight is 275 g/mol. The van der Waals surface area contributed by atoms with Gasteiger partial charge in [0.15, 0.2) is 0 Å². The normalized spacial score (nSPS) is 17.6. The largest absolute Gasteiger partial charge is 0.368 e. The van der Waals surface area contributed by atoms with Gasteiger partial charge >= 0.3 is 0 Å². The minimum Gasteiger partial charge on any atom is -0.368 e. The fraction of sp³-hybridized carbons (Fsp3) is 0.533. The van der Waals surface area contributed by atoms with Gasteiger partial charge in [-0.25, -0.2) is 4.98 Å². The number of piperazine rings is 1. The van der Waals surface area contributed by atoms with E-state index in [2.05, 4.69) is 48.9 Å². The van der Waals surface area contributed by atoms with Gasteiger partial charge in [-0.1, -0.05) is 19.9 Å². The van der Waals surface area contributed by atoms with Crippen LogP contribution in [0.4, 0.5) is 5.69 Å². The average Bonchev–Trinajstić information content (AvgIpc) is 2.83. The maximum Gasteiger partial charge on any atom is 0.0964 e. The molecule has 0 amide bonds. The fourth-order valence-corrected chi connectivity index (χ4v) is 3.60. The predicted molar refractivity (Wildman–Crippen MR) is 83.4 cm³/mol. The molecule has 1 fully saturated rings. The van der Waals surface area contributed by atoms with Crippen LogP contribution in [0.15, 0.2) is 18.2 Å². The molecule has 3 nitrogen and oxygen atoms in total. The molecular formula is C15H21N3S. The number of thiazole rings is 1. The highest BCUT2D eigenvalue weighted by atomic mass is 32.1. The van der Waals surface area contributed by atoms with Gasteiger partial charge in [0.1, 0.15) is 0 Å². The Kier molecular flexibility index (Phi) is 3.46. The molecule has 1 aromatic heterocycles. The van der Waals surface area contributed by atoms with Crippen LogP contribution in [-0.2, 0) is 0 Å². The van der Waals surface area contributed by atoms with Gasteiger partial charge in [0.25, 0.3) is 0 Å². The summed E-state index contributed by atoms with van der Waals surface area (Å²) < 4.78 is 1.36. The topological polar surface area (TPSA) is 19.4 Å². The Hall–Kier alpha value is -1.13. The Morgan fingerprint density at radius 3 is 2.58 bits per heavy atom. The van der Waals surface area contributed by atoms with Gasteiger partial charge < -0.3 is 9.80 Å². The summed E-state index contributed by atoms with van der Waals surface area (Å²) in [6.45, 7) is 8.95. The van der Waals surface area contributed by atoms with Crippen molar-refractivity contribution < 1.29 is 0 Å². The second-order valence-electron chi connectivity index (χ2n) is 5.62. The molecule has 3 rings (SSSR count). The maximum absolute atomic E-state index is 4.76. The molecule has 0 saturated carbocycles. The summed E-state index contributed by atoms with van der Waals surface area (Å²) in [6, 6.07) is 6.52. The van der Waals surface area contributed by atoms with E-state index in [0.29, 0.717) is 5.92 Å². The van der Waals surface area contributed by atoms with Gasteiger partial charge in [-0.05, 0) is 19.2 Å². The van der Waals surface area contributed by atoms with Crippen LogP contribution in [0.5, 0.6) is 0 Å². The van der Waals surface area contributed by atoms with Crippen molar-refractivity contribution >= 4 is 27.2 Å². The molecule has 4 heteroatoms. The maximum atomic E-state index is 4.76. The van der Waals surface area contributed by atoms with Crippen LogP contribution in [0.3, 0.4) is 0 Å². The minimum atomic E-state index is 0.512. The van der Waals surface area contributed by atoms with Crippen LogP contribution < -0.4 is 4.90 Å². The lowest BCUT2D eigenvalue weighted by Crippen LogP contribution is -2.44. The summed E-state index contributed by atoms with van der Waals surface area (Å²) in [5.41, 5.74) is 2.53. The Labute approximate surface area is 118 Å². The molecular weight excluding hydrogens is 254 g/mol. The van der Waals surface area contributed by atoms with Crippen molar-refractivity contribution in [2.45, 2.75) is 19.8 Å². The van der Waals surface area contributed by atoms with Crippen molar-refractivity contribution in [2.75, 3.05) is 38.1 Å². The van der Waals surface area contributed by atoms with Crippen LogP contribution in [0.2, 0.25) is 0 Å². The predicted octanol–water partition coefficient (Wildman–Crippen LogP) is 3.17. The van der Waals surface area contributed by atoms with Crippen LogP contribution in [-0.4, -0.2) is 43.1 Å². The number of rotatable bonds is 2. The zero-order chi connectivity index (χ0) is 13.4. The van der Waals surface area contributed by atoms with Gasteiger partial charge in [0.2, 0.25) is 0 Å². The molecule has 1 saturated heterocycles. The first-order valence-electron chi connectivity index (χ1n) is 6.98. The van der Waals surface area contributed by atoms with Gasteiger partial charge in [-0.2, -0.15) is 0 Å². The third-order valence-electron chi connectivity index (χ3n) is 3.75. The lowest BCUT2D eigenvalue weighted by Gasteiger charge is -2.34. The minimum absolute atomic E-state index is 0.512. The van der Waals surface area contributed by atoms with Gasteiger partial charge in [-0.15, -0.1) is 11.3 Å². The standard InChI is InChI=1S/C15H21N3S/c1-11(2)15-16-12-5-4-6-13(14(12)19-15)18-9-7-17(3)8-10-18/h4-6,11H,7-10H2,1-3H3. The SMILES string of the molecule is CC(C)c1nc2cccc(N3CCN(C)CC3)c2s1. The molecule has 0 spiro atoms. The number of hydrogen-bond acceptors (Lipinski definition) is 4. The van der Waals surface area contributed by atoms with Crippen LogP contribution in [0.25, 0.3) is 10.2 Å².